The molecule has 0 aromatic rings. The molecule has 5 heteroatoms. The highest BCUT2D eigenvalue weighted by atomic mass is 16.6. The van der Waals surface area contributed by atoms with Gasteiger partial charge in [0.05, 0.1) is 17.0 Å². The van der Waals surface area contributed by atoms with Crippen molar-refractivity contribution in [2.45, 2.75) is 63.6 Å². The molecule has 100 valence electrons. The van der Waals surface area contributed by atoms with Crippen molar-refractivity contribution in [2.24, 2.45) is 5.41 Å². The van der Waals surface area contributed by atoms with Crippen LogP contribution in [0.1, 0.15) is 46.5 Å². The Balaban J connectivity index is 1.81. The molecule has 3 atom stereocenters. The molecule has 2 aliphatic carbocycles. The summed E-state index contributed by atoms with van der Waals surface area (Å²) >= 11 is 0. The van der Waals surface area contributed by atoms with E-state index < -0.39 is 22.5 Å². The summed E-state index contributed by atoms with van der Waals surface area (Å²) in [6, 6.07) is 0.0946. The van der Waals surface area contributed by atoms with Gasteiger partial charge in [0.1, 0.15) is 5.60 Å². The molecular weight excluding hydrogens is 234 g/mol. The molecule has 3 aliphatic rings. The standard InChI is InChI=1S/C13H19NO4/c1-11(2,3)18-10(17)14-8-4-5-12(9(15)16)6-7-13(8,12)14/h8H,4-7H2,1-3H3,(H,15,16). The van der Waals surface area contributed by atoms with E-state index in [9.17, 15) is 14.7 Å². The number of carbonyl (C=O) groups excluding carboxylic acids is 1. The van der Waals surface area contributed by atoms with Crippen LogP contribution in [-0.2, 0) is 9.53 Å². The maximum absolute atomic E-state index is 12.1. The van der Waals surface area contributed by atoms with Crippen LogP contribution in [0.15, 0.2) is 0 Å². The number of rotatable bonds is 1. The summed E-state index contributed by atoms with van der Waals surface area (Å²) in [6.45, 7) is 5.48. The first kappa shape index (κ1) is 11.8. The van der Waals surface area contributed by atoms with Gasteiger partial charge >= 0.3 is 12.1 Å². The minimum atomic E-state index is -0.748. The highest BCUT2D eigenvalue weighted by molar-refractivity contribution is 5.86. The Bertz CT molecular complexity index is 441. The Morgan fingerprint density at radius 3 is 2.39 bits per heavy atom. The van der Waals surface area contributed by atoms with Crippen LogP contribution in [0.25, 0.3) is 0 Å². The first-order chi connectivity index (χ1) is 8.25. The molecule has 0 aromatic heterocycles. The van der Waals surface area contributed by atoms with Crippen LogP contribution in [0.2, 0.25) is 0 Å². The topological polar surface area (TPSA) is 66.6 Å². The lowest BCUT2D eigenvalue weighted by atomic mass is 9.60. The molecule has 3 unspecified atom stereocenters. The average molecular weight is 253 g/mol. The van der Waals surface area contributed by atoms with E-state index in [1.807, 2.05) is 20.8 Å². The van der Waals surface area contributed by atoms with Gasteiger partial charge in [0.2, 0.25) is 0 Å². The van der Waals surface area contributed by atoms with Crippen molar-refractivity contribution in [1.29, 1.82) is 0 Å². The van der Waals surface area contributed by atoms with Crippen LogP contribution < -0.4 is 0 Å². The van der Waals surface area contributed by atoms with Crippen LogP contribution in [0, 0.1) is 5.41 Å². The van der Waals surface area contributed by atoms with E-state index in [0.29, 0.717) is 12.8 Å². The van der Waals surface area contributed by atoms with Crippen LogP contribution in [0.5, 0.6) is 0 Å². The second-order valence-corrected chi connectivity index (χ2v) is 6.72. The molecular formula is C13H19NO4. The van der Waals surface area contributed by atoms with E-state index in [0.717, 1.165) is 12.8 Å². The summed E-state index contributed by atoms with van der Waals surface area (Å²) in [5, 5.41) is 9.44. The molecule has 2 saturated carbocycles. The van der Waals surface area contributed by atoms with Gasteiger partial charge in [-0.1, -0.05) is 0 Å². The van der Waals surface area contributed by atoms with E-state index in [-0.39, 0.29) is 12.1 Å². The quantitative estimate of drug-likeness (QED) is 0.726. The second kappa shape index (κ2) is 3.00. The predicted molar refractivity (Wildman–Crippen MR) is 63.1 cm³/mol. The summed E-state index contributed by atoms with van der Waals surface area (Å²) in [5.74, 6) is -0.748. The molecule has 1 amide bonds. The van der Waals surface area contributed by atoms with Crippen LogP contribution >= 0.6 is 0 Å². The van der Waals surface area contributed by atoms with Gasteiger partial charge in [0.25, 0.3) is 0 Å². The smallest absolute Gasteiger partial charge is 0.411 e. The summed E-state index contributed by atoms with van der Waals surface area (Å²) in [6.07, 6.45) is 2.65. The Hall–Kier alpha value is -1.26. The van der Waals surface area contributed by atoms with Gasteiger partial charge in [-0.15, -0.1) is 0 Å². The molecule has 1 saturated heterocycles. The molecule has 0 bridgehead atoms. The van der Waals surface area contributed by atoms with Crippen LogP contribution in [0.4, 0.5) is 4.79 Å². The van der Waals surface area contributed by atoms with Gasteiger partial charge in [-0.2, -0.15) is 0 Å². The maximum atomic E-state index is 12.1. The summed E-state index contributed by atoms with van der Waals surface area (Å²) in [5.41, 5.74) is -1.63. The molecule has 1 aliphatic heterocycles. The predicted octanol–water partition coefficient (Wildman–Crippen LogP) is 2.00. The molecule has 0 radical (unpaired) electrons. The second-order valence-electron chi connectivity index (χ2n) is 6.72. The number of likely N-dealkylation sites (tertiary alicyclic amines) is 1. The number of hydrogen-bond acceptors (Lipinski definition) is 3. The van der Waals surface area contributed by atoms with Gasteiger partial charge in [0.15, 0.2) is 0 Å². The number of piperidine rings is 1. The maximum Gasteiger partial charge on any atom is 0.411 e. The van der Waals surface area contributed by atoms with E-state index in [2.05, 4.69) is 0 Å². The zero-order valence-electron chi connectivity index (χ0n) is 11.0. The number of nitrogens with zero attached hydrogens (tertiary/aromatic N) is 1. The number of carbonyl (C=O) groups is 2. The minimum Gasteiger partial charge on any atom is -0.481 e. The highest BCUT2D eigenvalue weighted by Gasteiger charge is 2.85. The van der Waals surface area contributed by atoms with Crippen LogP contribution in [0.3, 0.4) is 0 Å². The fraction of sp³-hybridized carbons (Fsp3) is 0.846. The Labute approximate surface area is 106 Å². The van der Waals surface area contributed by atoms with Crippen molar-refractivity contribution in [3.63, 3.8) is 0 Å². The first-order valence-electron chi connectivity index (χ1n) is 6.50. The molecule has 3 rings (SSSR count). The third-order valence-electron chi connectivity index (χ3n) is 4.83. The Morgan fingerprint density at radius 2 is 1.94 bits per heavy atom. The number of carboxylic acid groups (broad SMARTS) is 1. The molecule has 1 spiro atoms. The van der Waals surface area contributed by atoms with E-state index in [1.165, 1.54) is 0 Å². The van der Waals surface area contributed by atoms with Crippen molar-refractivity contribution in [1.82, 2.24) is 4.90 Å². The molecule has 0 aromatic carbocycles. The number of aliphatic carboxylic acids is 1. The summed E-state index contributed by atoms with van der Waals surface area (Å²) < 4.78 is 5.36. The van der Waals surface area contributed by atoms with Gasteiger partial charge in [-0.25, -0.2) is 4.79 Å². The number of carboxylic acids is 1. The summed E-state index contributed by atoms with van der Waals surface area (Å²) in [4.78, 5) is 25.3. The Morgan fingerprint density at radius 1 is 1.28 bits per heavy atom. The zero-order chi connectivity index (χ0) is 13.3. The monoisotopic (exact) mass is 253 g/mol. The van der Waals surface area contributed by atoms with E-state index >= 15 is 0 Å². The Kier molecular flexibility index (Phi) is 1.97. The molecule has 5 nitrogen and oxygen atoms in total. The van der Waals surface area contributed by atoms with Crippen molar-refractivity contribution >= 4 is 12.1 Å². The number of ether oxygens (including phenoxy) is 1. The third kappa shape index (κ3) is 1.12. The lowest BCUT2D eigenvalue weighted by Crippen LogP contribution is -2.55. The van der Waals surface area contributed by atoms with Crippen molar-refractivity contribution in [2.75, 3.05) is 0 Å². The lowest BCUT2D eigenvalue weighted by Gasteiger charge is -2.44. The average Bonchev–Trinajstić information content (AvgIpc) is 2.79. The largest absolute Gasteiger partial charge is 0.481 e. The van der Waals surface area contributed by atoms with Gasteiger partial charge in [0, 0.05) is 0 Å². The molecule has 3 fully saturated rings. The fourth-order valence-corrected chi connectivity index (χ4v) is 4.01. The number of hydrogen-bond donors (Lipinski definition) is 1. The zero-order valence-corrected chi connectivity index (χ0v) is 11.0. The third-order valence-corrected chi connectivity index (χ3v) is 4.83. The van der Waals surface area contributed by atoms with Crippen molar-refractivity contribution in [3.05, 3.63) is 0 Å². The van der Waals surface area contributed by atoms with Crippen molar-refractivity contribution < 1.29 is 19.4 Å². The highest BCUT2D eigenvalue weighted by Crippen LogP contribution is 2.74. The van der Waals surface area contributed by atoms with E-state index in [1.54, 1.807) is 4.90 Å². The fourth-order valence-electron chi connectivity index (χ4n) is 4.01. The molecule has 1 N–H and O–H groups in total. The first-order valence-corrected chi connectivity index (χ1v) is 6.50. The molecule has 18 heavy (non-hydrogen) atoms. The van der Waals surface area contributed by atoms with Gasteiger partial charge in [-0.3, -0.25) is 9.69 Å². The van der Waals surface area contributed by atoms with E-state index in [4.69, 9.17) is 4.74 Å². The van der Waals surface area contributed by atoms with Gasteiger partial charge < -0.3 is 9.84 Å². The number of amides is 1. The normalized spacial score (nSPS) is 40.6. The van der Waals surface area contributed by atoms with Crippen molar-refractivity contribution in [3.8, 4) is 0 Å². The SMILES string of the molecule is CC(C)(C)OC(=O)N1C2CCC3(C(=O)O)CCC213. The lowest BCUT2D eigenvalue weighted by molar-refractivity contribution is -0.159. The van der Waals surface area contributed by atoms with Gasteiger partial charge in [-0.05, 0) is 46.5 Å². The molecule has 1 heterocycles. The summed E-state index contributed by atoms with van der Waals surface area (Å²) in [7, 11) is 0. The van der Waals surface area contributed by atoms with Crippen LogP contribution in [-0.4, -0.2) is 39.3 Å². The minimum absolute atomic E-state index is 0.0946.